The molecule has 0 saturated heterocycles. The van der Waals surface area contributed by atoms with Gasteiger partial charge in [0.25, 0.3) is 26.2 Å². The number of anilines is 3. The fourth-order valence-electron chi connectivity index (χ4n) is 15.5. The van der Waals surface area contributed by atoms with Crippen molar-refractivity contribution in [1.29, 1.82) is 0 Å². The number of rotatable bonds is 33. The summed E-state index contributed by atoms with van der Waals surface area (Å²) in [5, 5.41) is 9.89. The van der Waals surface area contributed by atoms with E-state index in [2.05, 4.69) is 42.5 Å². The Kier molecular flexibility index (Phi) is 32.7. The summed E-state index contributed by atoms with van der Waals surface area (Å²) in [5.74, 6) is 0.111. The van der Waals surface area contributed by atoms with Crippen molar-refractivity contribution in [3.05, 3.63) is 247 Å². The average Bonchev–Trinajstić information content (AvgIpc) is 1.63. The Bertz CT molecular complexity index is 7370. The molecule has 3 aromatic heterocycles. The summed E-state index contributed by atoms with van der Waals surface area (Å²) < 4.78 is 230. The molecule has 3 aliphatic rings. The van der Waals surface area contributed by atoms with E-state index in [-0.39, 0.29) is 96.5 Å². The second-order valence-electron chi connectivity index (χ2n) is 30.9. The van der Waals surface area contributed by atoms with Gasteiger partial charge >= 0.3 is 63.2 Å². The number of fused-ring (bicyclic) bond motifs is 12. The molecule has 1 atom stereocenters. The summed E-state index contributed by atoms with van der Waals surface area (Å²) in [7, 11) is -25.8. The van der Waals surface area contributed by atoms with Crippen molar-refractivity contribution in [2.75, 3.05) is 63.1 Å². The normalized spacial score (nSPS) is 15.2. The van der Waals surface area contributed by atoms with Gasteiger partial charge in [-0.25, -0.2) is 42.1 Å². The number of allylic oxidation sites excluding steroid dienone is 4. The van der Waals surface area contributed by atoms with E-state index in [0.717, 1.165) is 126 Å². The Balaban J connectivity index is 0.000000165. The Morgan fingerprint density at radius 3 is 1.50 bits per heavy atom. The molecule has 0 amide bonds. The van der Waals surface area contributed by atoms with Crippen LogP contribution in [-0.4, -0.2) is 131 Å². The summed E-state index contributed by atoms with van der Waals surface area (Å²) in [6.07, 6.45) is 13.2. The van der Waals surface area contributed by atoms with Gasteiger partial charge in [-0.2, -0.15) is 22.1 Å². The van der Waals surface area contributed by atoms with Crippen LogP contribution in [0, 0.1) is 0 Å². The van der Waals surface area contributed by atoms with Gasteiger partial charge in [-0.3, -0.25) is 4.55 Å². The van der Waals surface area contributed by atoms with Crippen LogP contribution in [0.1, 0.15) is 102 Å². The number of aryl methyl sites for hydroxylation is 3. The van der Waals surface area contributed by atoms with Crippen LogP contribution in [-0.2, 0) is 80.3 Å². The van der Waals surface area contributed by atoms with Crippen molar-refractivity contribution in [3.63, 3.8) is 0 Å². The maximum Gasteiger partial charge on any atom is 1.00 e. The molecule has 1 N–H and O–H groups in total. The number of hydrogen-bond donors (Lipinski definition) is 1. The molecule has 6 heterocycles. The summed E-state index contributed by atoms with van der Waals surface area (Å²) in [6, 6.07) is 59.6. The summed E-state index contributed by atoms with van der Waals surface area (Å²) >= 11 is 11.7. The van der Waals surface area contributed by atoms with Gasteiger partial charge in [-0.1, -0.05) is 178 Å². The number of unbranched alkanes of at least 4 members (excludes halogenated alkanes) is 2. The number of ether oxygens (including phenoxy) is 1. The van der Waals surface area contributed by atoms with Gasteiger partial charge in [0.2, 0.25) is 22.6 Å². The maximum atomic E-state index is 11.7. The molecule has 0 fully saturated rings. The van der Waals surface area contributed by atoms with E-state index in [9.17, 15) is 77.8 Å². The zero-order valence-electron chi connectivity index (χ0n) is 70.4. The number of aromatic nitrogens is 3. The van der Waals surface area contributed by atoms with Gasteiger partial charge in [0.05, 0.1) is 112 Å². The molecule has 16 rings (SSSR count). The van der Waals surface area contributed by atoms with Crippen molar-refractivity contribution in [2.24, 2.45) is 0 Å². The topological polar surface area (TPSA) is 397 Å². The molecule has 3 aliphatic heterocycles. The van der Waals surface area contributed by atoms with Crippen LogP contribution in [0.5, 0.6) is 5.75 Å². The van der Waals surface area contributed by atoms with Gasteiger partial charge in [0, 0.05) is 98.5 Å². The monoisotopic (exact) mass is 2070 g/mol. The van der Waals surface area contributed by atoms with Crippen LogP contribution < -0.4 is 84.5 Å². The van der Waals surface area contributed by atoms with Crippen molar-refractivity contribution in [1.82, 2.24) is 0 Å². The number of hydrogen-bond acceptors (Lipinski definition) is 26. The van der Waals surface area contributed by atoms with Crippen LogP contribution in [0.4, 0.5) is 17.1 Å². The third-order valence-electron chi connectivity index (χ3n) is 21.8. The first-order valence-electron chi connectivity index (χ1n) is 41.0. The SMILES string of the molecule is CC(CCN1C(=Cc2sc3ccc4ccccc4c3[n+]2CCCS(=O)(=O)[O-])Sc2ccc(Br)cc21)S(=O)(=O)O.CCC(=C/c1oc2cc3ccccc3cc2[n+]1CCCCS(=O)(=O)[O-])/C=C1/Oc2cc3ccccc3cc2N1CCCCS(=O)(=O)[O-].CCC(=Cc1oc2ccc3ccccc3c2[n+]1CCCS(=O)(=O)[O-])C=C1Sc2ccc(Br)cc2N1CCCS(=O)(=O)[O-].[K+]. The molecule has 10 aromatic carbocycles. The molecule has 13 aromatic rings. The van der Waals surface area contributed by atoms with E-state index in [1.165, 1.54) is 6.92 Å². The minimum atomic E-state index is -4.37. The van der Waals surface area contributed by atoms with Gasteiger partial charge in [0.1, 0.15) is 4.70 Å². The molecule has 0 spiro atoms. The van der Waals surface area contributed by atoms with Gasteiger partial charge < -0.3 is 51.0 Å². The number of benzene rings is 10. The molecule has 0 radical (unpaired) electrons. The zero-order chi connectivity index (χ0) is 91.2. The molecular weight excluding hydrogens is 1990 g/mol. The molecule has 39 heteroatoms. The van der Waals surface area contributed by atoms with Crippen LogP contribution >= 0.6 is 66.7 Å². The number of halogens is 2. The molecule has 0 aliphatic carbocycles. The van der Waals surface area contributed by atoms with Gasteiger partial charge in [-0.05, 0) is 180 Å². The molecule has 674 valence electrons. The van der Waals surface area contributed by atoms with Gasteiger partial charge in [-0.15, -0.1) is 0 Å². The fourth-order valence-corrected chi connectivity index (χ4v) is 22.6. The van der Waals surface area contributed by atoms with Crippen molar-refractivity contribution in [2.45, 2.75) is 120 Å². The van der Waals surface area contributed by atoms with Crippen LogP contribution in [0.25, 0.3) is 93.7 Å². The minimum Gasteiger partial charge on any atom is -0.748 e. The molecule has 1 unspecified atom stereocenters. The predicted octanol–water partition coefficient (Wildman–Crippen LogP) is 14.6. The molecule has 129 heavy (non-hydrogen) atoms. The average molecular weight is 2080 g/mol. The fraction of sp³-hybridized carbons (Fsp3) is 0.278. The summed E-state index contributed by atoms with van der Waals surface area (Å²) in [6.45, 7) is 7.73. The van der Waals surface area contributed by atoms with Crippen LogP contribution in [0.3, 0.4) is 0 Å². The minimum absolute atomic E-state index is 0. The third-order valence-corrected chi connectivity index (χ3v) is 31.3. The standard InChI is InChI=1S/C35H36N2O8S2.C29H29BrN2O7S3.C26H25BrN2O6S4.K/c1-2-25(19-34-36(15-7-9-17-46(38,39)40)30-21-26-11-3-5-13-28(26)23-32(30)44-34)20-35-37(16-8-10-18-47(41,42)43)31-22-27-12-4-6-14-29(27)24-33(31)45-35;1-2-20(18-28-31(13-5-15-41(33,34)35)24-19-22(30)10-12-26(24)40-28)17-27-32(14-6-16-42(36,37)38)29-23-8-4-3-7-21(23)9-11-25(29)39-27;1-17(39(33,34)35)11-13-28-21-15-19(27)8-10-22(21)36-24(28)16-25-29(12-4-14-38(30,31)32)26-20-6-3-2-5-18(20)7-9-23(26)37-25;/h3-6,11-14,19-24H,2,7-10,15-18H2,1H3,(H-,38,39,40,41,42,43);3-4,7-12,17-19H,2,5-6,13-16H2,1H3,(H-,33,34,35,36,37,38);2-3,5-10,15-17H,4,11-14H2,1H3,(H-,30,31,32,33,34,35);/q;;;+1/p-2. The molecular formula is C90H88Br2KN6O21S9-. The van der Waals surface area contributed by atoms with E-state index in [1.807, 2.05) is 244 Å². The first-order chi connectivity index (χ1) is 60.8. The number of thiazole rings is 1. The van der Waals surface area contributed by atoms with Crippen molar-refractivity contribution >= 4 is 238 Å². The molecule has 0 bridgehead atoms. The van der Waals surface area contributed by atoms with Crippen LogP contribution in [0.15, 0.2) is 249 Å². The van der Waals surface area contributed by atoms with Crippen LogP contribution in [0.2, 0.25) is 0 Å². The predicted molar refractivity (Wildman–Crippen MR) is 505 cm³/mol. The second-order valence-corrected chi connectivity index (χ2v) is 45.3. The third kappa shape index (κ3) is 25.8. The summed E-state index contributed by atoms with van der Waals surface area (Å²) in [5.41, 5.74) is 8.48. The Hall–Kier alpha value is -7.27. The number of oxazole rings is 2. The van der Waals surface area contributed by atoms with E-state index in [4.69, 9.17) is 13.6 Å². The first kappa shape index (κ1) is 99.2. The Labute approximate surface area is 820 Å². The summed E-state index contributed by atoms with van der Waals surface area (Å²) in [4.78, 5) is 8.08. The van der Waals surface area contributed by atoms with E-state index in [1.54, 1.807) is 34.9 Å². The maximum absolute atomic E-state index is 11.7. The van der Waals surface area contributed by atoms with E-state index < -0.39 is 94.7 Å². The first-order valence-corrected chi connectivity index (χ1v) is 54.4. The van der Waals surface area contributed by atoms with Crippen molar-refractivity contribution in [3.8, 4) is 5.75 Å². The number of nitrogens with zero attached hydrogens (tertiary/aromatic N) is 6. The number of thioether (sulfide) groups is 2. The Morgan fingerprint density at radius 2 is 0.922 bits per heavy atom. The zero-order valence-corrected chi connectivity index (χ0v) is 84.0. The Morgan fingerprint density at radius 1 is 0.457 bits per heavy atom. The van der Waals surface area contributed by atoms with E-state index >= 15 is 0 Å². The van der Waals surface area contributed by atoms with Crippen molar-refractivity contribution < 1.29 is 156 Å². The smallest absolute Gasteiger partial charge is 0.748 e. The van der Waals surface area contributed by atoms with E-state index in [0.29, 0.717) is 93.0 Å². The van der Waals surface area contributed by atoms with Gasteiger partial charge in [0.15, 0.2) is 25.4 Å². The quantitative estimate of drug-likeness (QED) is 0.0173. The molecule has 27 nitrogen and oxygen atoms in total. The molecule has 0 saturated carbocycles. The largest absolute Gasteiger partial charge is 1.00 e. The second kappa shape index (κ2) is 42.5.